The standard InChI is InChI=1S/C21H22F3N3O2/c1-13-12-29-19-17(25-13)11-15(10-14-2-4-16(22)5-3-14)18(26-19)20(28)27-8-6-21(23,24)7-9-27/h2-5,11,13,25H,6-10,12H2,1H3/t13-/m0/s1. The van der Waals surface area contributed by atoms with Gasteiger partial charge in [-0.25, -0.2) is 18.2 Å². The molecule has 29 heavy (non-hydrogen) atoms. The Morgan fingerprint density at radius 1 is 1.28 bits per heavy atom. The quantitative estimate of drug-likeness (QED) is 0.842. The monoisotopic (exact) mass is 405 g/mol. The molecule has 0 radical (unpaired) electrons. The number of aromatic nitrogens is 1. The van der Waals surface area contributed by atoms with Crippen LogP contribution in [0.2, 0.25) is 0 Å². The highest BCUT2D eigenvalue weighted by Gasteiger charge is 2.37. The second-order valence-electron chi connectivity index (χ2n) is 7.66. The highest BCUT2D eigenvalue weighted by atomic mass is 19.3. The van der Waals surface area contributed by atoms with Crippen molar-refractivity contribution in [2.45, 2.75) is 38.2 Å². The fourth-order valence-electron chi connectivity index (χ4n) is 3.59. The van der Waals surface area contributed by atoms with E-state index in [1.807, 2.05) is 13.0 Å². The Balaban J connectivity index is 1.67. The normalized spacial score (nSPS) is 20.4. The maximum atomic E-state index is 13.5. The lowest BCUT2D eigenvalue weighted by atomic mass is 10.0. The summed E-state index contributed by atoms with van der Waals surface area (Å²) >= 11 is 0. The molecular formula is C21H22F3N3O2. The van der Waals surface area contributed by atoms with E-state index in [4.69, 9.17) is 4.74 Å². The molecule has 2 aliphatic heterocycles. The first kappa shape index (κ1) is 19.5. The van der Waals surface area contributed by atoms with Crippen molar-refractivity contribution in [1.82, 2.24) is 9.88 Å². The minimum Gasteiger partial charge on any atom is -0.474 e. The van der Waals surface area contributed by atoms with E-state index >= 15 is 0 Å². The van der Waals surface area contributed by atoms with Crippen molar-refractivity contribution in [3.8, 4) is 5.88 Å². The highest BCUT2D eigenvalue weighted by molar-refractivity contribution is 5.94. The van der Waals surface area contributed by atoms with Gasteiger partial charge in [0.2, 0.25) is 5.88 Å². The van der Waals surface area contributed by atoms with Crippen molar-refractivity contribution in [3.63, 3.8) is 0 Å². The van der Waals surface area contributed by atoms with Crippen LogP contribution < -0.4 is 10.1 Å². The van der Waals surface area contributed by atoms with Gasteiger partial charge in [0.15, 0.2) is 0 Å². The van der Waals surface area contributed by atoms with Crippen LogP contribution >= 0.6 is 0 Å². The third-order valence-electron chi connectivity index (χ3n) is 5.23. The smallest absolute Gasteiger partial charge is 0.272 e. The number of likely N-dealkylation sites (tertiary alicyclic amines) is 1. The maximum absolute atomic E-state index is 13.5. The largest absolute Gasteiger partial charge is 0.474 e. The fraction of sp³-hybridized carbons (Fsp3) is 0.429. The van der Waals surface area contributed by atoms with Gasteiger partial charge < -0.3 is 15.0 Å². The lowest BCUT2D eigenvalue weighted by Crippen LogP contribution is -2.43. The molecule has 4 rings (SSSR count). The summed E-state index contributed by atoms with van der Waals surface area (Å²) in [7, 11) is 0. The molecule has 1 aromatic carbocycles. The summed E-state index contributed by atoms with van der Waals surface area (Å²) in [6, 6.07) is 7.92. The van der Waals surface area contributed by atoms with Gasteiger partial charge in [-0.1, -0.05) is 12.1 Å². The van der Waals surface area contributed by atoms with Crippen molar-refractivity contribution < 1.29 is 22.7 Å². The number of nitrogens with zero attached hydrogens (tertiary/aromatic N) is 2. The van der Waals surface area contributed by atoms with Crippen molar-refractivity contribution in [3.05, 3.63) is 53.0 Å². The lowest BCUT2D eigenvalue weighted by molar-refractivity contribution is -0.0495. The molecule has 0 unspecified atom stereocenters. The predicted molar refractivity (Wildman–Crippen MR) is 102 cm³/mol. The molecule has 0 spiro atoms. The van der Waals surface area contributed by atoms with Gasteiger partial charge in [0.25, 0.3) is 11.8 Å². The molecule has 2 aliphatic rings. The Hall–Kier alpha value is -2.77. The number of piperidine rings is 1. The minimum atomic E-state index is -2.74. The molecule has 1 aromatic heterocycles. The van der Waals surface area contributed by atoms with Gasteiger partial charge in [-0.15, -0.1) is 0 Å². The highest BCUT2D eigenvalue weighted by Crippen LogP contribution is 2.32. The summed E-state index contributed by atoms with van der Waals surface area (Å²) in [5.74, 6) is -3.13. The van der Waals surface area contributed by atoms with Gasteiger partial charge in [-0.2, -0.15) is 0 Å². The molecule has 1 saturated heterocycles. The number of anilines is 1. The molecule has 0 bridgehead atoms. The molecule has 1 atom stereocenters. The van der Waals surface area contributed by atoms with Crippen LogP contribution in [0.4, 0.5) is 18.9 Å². The Labute approximate surface area is 166 Å². The van der Waals surface area contributed by atoms with Gasteiger partial charge in [0.05, 0.1) is 11.7 Å². The number of carbonyl (C=O) groups is 1. The molecular weight excluding hydrogens is 383 g/mol. The number of rotatable bonds is 3. The Morgan fingerprint density at radius 3 is 2.66 bits per heavy atom. The topological polar surface area (TPSA) is 54.5 Å². The van der Waals surface area contributed by atoms with Gasteiger partial charge in [0.1, 0.15) is 18.1 Å². The summed E-state index contributed by atoms with van der Waals surface area (Å²) in [6.45, 7) is 2.35. The number of alkyl halides is 2. The van der Waals surface area contributed by atoms with E-state index in [-0.39, 0.29) is 49.4 Å². The second kappa shape index (κ2) is 7.57. The molecule has 5 nitrogen and oxygen atoms in total. The number of nitrogens with one attached hydrogen (secondary N) is 1. The summed E-state index contributed by atoms with van der Waals surface area (Å²) in [5, 5.41) is 3.28. The van der Waals surface area contributed by atoms with E-state index in [0.29, 0.717) is 30.2 Å². The number of halogens is 3. The van der Waals surface area contributed by atoms with Crippen molar-refractivity contribution in [2.24, 2.45) is 0 Å². The van der Waals surface area contributed by atoms with E-state index in [2.05, 4.69) is 10.3 Å². The van der Waals surface area contributed by atoms with Crippen molar-refractivity contribution >= 4 is 11.6 Å². The lowest BCUT2D eigenvalue weighted by Gasteiger charge is -2.32. The average molecular weight is 405 g/mol. The van der Waals surface area contributed by atoms with Crippen LogP contribution in [0.5, 0.6) is 5.88 Å². The van der Waals surface area contributed by atoms with E-state index in [1.54, 1.807) is 12.1 Å². The molecule has 154 valence electrons. The molecule has 0 aliphatic carbocycles. The van der Waals surface area contributed by atoms with E-state index in [9.17, 15) is 18.0 Å². The van der Waals surface area contributed by atoms with E-state index in [1.165, 1.54) is 17.0 Å². The predicted octanol–water partition coefficient (Wildman–Crippen LogP) is 3.88. The van der Waals surface area contributed by atoms with Gasteiger partial charge in [-0.05, 0) is 42.7 Å². The first-order valence-corrected chi connectivity index (χ1v) is 9.65. The van der Waals surface area contributed by atoms with Gasteiger partial charge in [-0.3, -0.25) is 4.79 Å². The Morgan fingerprint density at radius 2 is 1.97 bits per heavy atom. The SMILES string of the molecule is C[C@H]1COc2nc(C(=O)N3CCC(F)(F)CC3)c(Cc3ccc(F)cc3)cc2N1. The van der Waals surface area contributed by atoms with Crippen LogP contribution in [-0.2, 0) is 6.42 Å². The summed E-state index contributed by atoms with van der Waals surface area (Å²) in [4.78, 5) is 19.0. The Bertz CT molecular complexity index is 908. The third kappa shape index (κ3) is 4.31. The van der Waals surface area contributed by atoms with E-state index < -0.39 is 5.92 Å². The zero-order chi connectivity index (χ0) is 20.6. The number of carbonyl (C=O) groups excluding carboxylic acids is 1. The van der Waals surface area contributed by atoms with Crippen LogP contribution in [0.25, 0.3) is 0 Å². The number of ether oxygens (including phenoxy) is 1. The molecule has 1 N–H and O–H groups in total. The Kier molecular flexibility index (Phi) is 5.10. The average Bonchev–Trinajstić information content (AvgIpc) is 2.68. The van der Waals surface area contributed by atoms with Crippen molar-refractivity contribution in [1.29, 1.82) is 0 Å². The third-order valence-corrected chi connectivity index (χ3v) is 5.23. The van der Waals surface area contributed by atoms with Crippen molar-refractivity contribution in [2.75, 3.05) is 25.0 Å². The summed E-state index contributed by atoms with van der Waals surface area (Å²) < 4.78 is 45.9. The van der Waals surface area contributed by atoms with Gasteiger partial charge >= 0.3 is 0 Å². The van der Waals surface area contributed by atoms with Crippen LogP contribution in [0.1, 0.15) is 41.4 Å². The second-order valence-corrected chi connectivity index (χ2v) is 7.66. The zero-order valence-corrected chi connectivity index (χ0v) is 16.1. The molecule has 0 saturated carbocycles. The first-order valence-electron chi connectivity index (χ1n) is 9.65. The van der Waals surface area contributed by atoms with Gasteiger partial charge in [0, 0.05) is 25.9 Å². The van der Waals surface area contributed by atoms with Crippen LogP contribution in [0.3, 0.4) is 0 Å². The maximum Gasteiger partial charge on any atom is 0.272 e. The van der Waals surface area contributed by atoms with Crippen LogP contribution in [-0.4, -0.2) is 47.5 Å². The van der Waals surface area contributed by atoms with E-state index in [0.717, 1.165) is 5.56 Å². The number of fused-ring (bicyclic) bond motifs is 1. The molecule has 3 heterocycles. The summed E-state index contributed by atoms with van der Waals surface area (Å²) in [6.07, 6.45) is -0.346. The molecule has 2 aromatic rings. The number of pyridine rings is 1. The number of benzene rings is 1. The zero-order valence-electron chi connectivity index (χ0n) is 16.1. The fourth-order valence-corrected chi connectivity index (χ4v) is 3.59. The minimum absolute atomic E-state index is 0.0171. The summed E-state index contributed by atoms with van der Waals surface area (Å²) in [5.41, 5.74) is 2.33. The molecule has 1 fully saturated rings. The molecule has 8 heteroatoms. The van der Waals surface area contributed by atoms with Crippen LogP contribution in [0, 0.1) is 5.82 Å². The number of amides is 1. The number of hydrogen-bond donors (Lipinski definition) is 1. The van der Waals surface area contributed by atoms with Crippen LogP contribution in [0.15, 0.2) is 30.3 Å². The first-order chi connectivity index (χ1) is 13.8. The molecule has 1 amide bonds. The number of hydrogen-bond acceptors (Lipinski definition) is 4.